The van der Waals surface area contributed by atoms with Gasteiger partial charge in [-0.2, -0.15) is 0 Å². The molecule has 1 aliphatic rings. The van der Waals surface area contributed by atoms with Crippen LogP contribution in [0.2, 0.25) is 0 Å². The first-order chi connectivity index (χ1) is 17.5. The number of para-hydroxylation sites is 1. The Hall–Kier alpha value is -3.12. The number of amides is 1. The summed E-state index contributed by atoms with van der Waals surface area (Å²) in [7, 11) is 0. The lowest BCUT2D eigenvalue weighted by molar-refractivity contribution is 0.0909. The second-order valence-corrected chi connectivity index (χ2v) is 10.1. The van der Waals surface area contributed by atoms with Crippen LogP contribution in [-0.4, -0.2) is 47.7 Å². The highest BCUT2D eigenvalue weighted by molar-refractivity contribution is 5.94. The van der Waals surface area contributed by atoms with E-state index in [4.69, 9.17) is 4.74 Å². The highest BCUT2D eigenvalue weighted by Crippen LogP contribution is 2.27. The van der Waals surface area contributed by atoms with Crippen LogP contribution < -0.4 is 15.6 Å². The molecule has 0 spiro atoms. The van der Waals surface area contributed by atoms with Crippen LogP contribution in [0.4, 0.5) is 0 Å². The minimum Gasteiger partial charge on any atom is -0.491 e. The van der Waals surface area contributed by atoms with Gasteiger partial charge in [0.1, 0.15) is 5.75 Å². The van der Waals surface area contributed by atoms with Gasteiger partial charge in [-0.15, -0.1) is 0 Å². The summed E-state index contributed by atoms with van der Waals surface area (Å²) in [5.41, 5.74) is 2.66. The molecule has 1 N–H and O–H groups in total. The molecule has 1 saturated heterocycles. The van der Waals surface area contributed by atoms with Gasteiger partial charge in [-0.05, 0) is 55.9 Å². The van der Waals surface area contributed by atoms with E-state index in [0.29, 0.717) is 19.1 Å². The van der Waals surface area contributed by atoms with Crippen molar-refractivity contribution >= 4 is 16.8 Å². The van der Waals surface area contributed by atoms with Crippen LogP contribution in [0, 0.1) is 12.8 Å². The Morgan fingerprint density at radius 1 is 1.11 bits per heavy atom. The average molecular weight is 490 g/mol. The molecule has 1 aromatic heterocycles. The molecule has 1 atom stereocenters. The van der Waals surface area contributed by atoms with Crippen molar-refractivity contribution in [2.24, 2.45) is 5.92 Å². The summed E-state index contributed by atoms with van der Waals surface area (Å²) in [5, 5.41) is 4.25. The molecule has 3 aromatic rings. The fourth-order valence-electron chi connectivity index (χ4n) is 4.94. The molecular weight excluding hydrogens is 450 g/mol. The van der Waals surface area contributed by atoms with Crippen molar-refractivity contribution < 1.29 is 9.53 Å². The van der Waals surface area contributed by atoms with Gasteiger partial charge in [-0.1, -0.05) is 50.6 Å². The van der Waals surface area contributed by atoms with Gasteiger partial charge in [0, 0.05) is 49.2 Å². The number of aromatic nitrogens is 1. The van der Waals surface area contributed by atoms with E-state index in [2.05, 4.69) is 30.1 Å². The van der Waals surface area contributed by atoms with E-state index in [9.17, 15) is 9.59 Å². The SMILES string of the molecule is CCC(C)Cn1c(=O)cc(C)c2cccc(OCCCN3CCC(NC(=O)c4ccccc4)CC3)c21. The predicted octanol–water partition coefficient (Wildman–Crippen LogP) is 5.02. The van der Waals surface area contributed by atoms with Gasteiger partial charge in [-0.3, -0.25) is 9.59 Å². The van der Waals surface area contributed by atoms with Crippen molar-refractivity contribution in [2.45, 2.75) is 59.0 Å². The van der Waals surface area contributed by atoms with Gasteiger partial charge in [0.05, 0.1) is 12.1 Å². The van der Waals surface area contributed by atoms with E-state index in [0.717, 1.165) is 73.1 Å². The Morgan fingerprint density at radius 3 is 2.58 bits per heavy atom. The smallest absolute Gasteiger partial charge is 0.251 e. The quantitative estimate of drug-likeness (QED) is 0.406. The number of ether oxygens (including phenoxy) is 1. The van der Waals surface area contributed by atoms with Crippen molar-refractivity contribution in [2.75, 3.05) is 26.2 Å². The summed E-state index contributed by atoms with van der Waals surface area (Å²) in [6.07, 6.45) is 3.87. The first kappa shape index (κ1) is 26.0. The molecular formula is C30H39N3O3. The van der Waals surface area contributed by atoms with Crippen LogP contribution in [0.25, 0.3) is 10.9 Å². The number of pyridine rings is 1. The third-order valence-corrected chi connectivity index (χ3v) is 7.33. The molecule has 0 aliphatic carbocycles. The second kappa shape index (κ2) is 12.2. The van der Waals surface area contributed by atoms with Crippen molar-refractivity contribution in [1.29, 1.82) is 0 Å². The molecule has 1 aliphatic heterocycles. The van der Waals surface area contributed by atoms with Crippen LogP contribution in [0.1, 0.15) is 55.5 Å². The van der Waals surface area contributed by atoms with E-state index in [1.807, 2.05) is 54.0 Å². The third kappa shape index (κ3) is 6.35. The van der Waals surface area contributed by atoms with Crippen LogP contribution in [-0.2, 0) is 6.54 Å². The third-order valence-electron chi connectivity index (χ3n) is 7.33. The molecule has 2 aromatic carbocycles. The number of nitrogens with zero attached hydrogens (tertiary/aromatic N) is 2. The van der Waals surface area contributed by atoms with Crippen LogP contribution in [0.5, 0.6) is 5.75 Å². The zero-order chi connectivity index (χ0) is 25.5. The number of fused-ring (bicyclic) bond motifs is 1. The molecule has 0 saturated carbocycles. The van der Waals surface area contributed by atoms with Crippen molar-refractivity contribution in [1.82, 2.24) is 14.8 Å². The Balaban J connectivity index is 1.29. The summed E-state index contributed by atoms with van der Waals surface area (Å²) < 4.78 is 8.14. The number of piperidine rings is 1. The Morgan fingerprint density at radius 2 is 1.86 bits per heavy atom. The first-order valence-electron chi connectivity index (χ1n) is 13.3. The number of carbonyl (C=O) groups excluding carboxylic acids is 1. The maximum atomic E-state index is 12.8. The highest BCUT2D eigenvalue weighted by Gasteiger charge is 2.21. The summed E-state index contributed by atoms with van der Waals surface area (Å²) >= 11 is 0. The molecule has 1 amide bonds. The lowest BCUT2D eigenvalue weighted by Crippen LogP contribution is -2.45. The molecule has 36 heavy (non-hydrogen) atoms. The molecule has 192 valence electrons. The van der Waals surface area contributed by atoms with E-state index in [1.165, 1.54) is 0 Å². The van der Waals surface area contributed by atoms with E-state index >= 15 is 0 Å². The number of aryl methyl sites for hydroxylation is 1. The van der Waals surface area contributed by atoms with Gasteiger partial charge in [-0.25, -0.2) is 0 Å². The number of nitrogens with one attached hydrogen (secondary N) is 1. The molecule has 6 heteroatoms. The largest absolute Gasteiger partial charge is 0.491 e. The first-order valence-corrected chi connectivity index (χ1v) is 13.3. The maximum Gasteiger partial charge on any atom is 0.251 e. The van der Waals surface area contributed by atoms with Crippen molar-refractivity contribution in [3.63, 3.8) is 0 Å². The predicted molar refractivity (Wildman–Crippen MR) is 146 cm³/mol. The fraction of sp³-hybridized carbons (Fsp3) is 0.467. The van der Waals surface area contributed by atoms with Gasteiger partial charge < -0.3 is 19.5 Å². The monoisotopic (exact) mass is 489 g/mol. The lowest BCUT2D eigenvalue weighted by atomic mass is 10.0. The maximum absolute atomic E-state index is 12.8. The summed E-state index contributed by atoms with van der Waals surface area (Å²) in [4.78, 5) is 27.7. The second-order valence-electron chi connectivity index (χ2n) is 10.1. The Kier molecular flexibility index (Phi) is 8.81. The zero-order valence-corrected chi connectivity index (χ0v) is 21.8. The van der Waals surface area contributed by atoms with E-state index in [-0.39, 0.29) is 17.5 Å². The number of carbonyl (C=O) groups is 1. The Labute approximate surface area is 214 Å². The topological polar surface area (TPSA) is 63.6 Å². The average Bonchev–Trinajstić information content (AvgIpc) is 2.90. The molecule has 2 heterocycles. The zero-order valence-electron chi connectivity index (χ0n) is 21.8. The molecule has 4 rings (SSSR count). The lowest BCUT2D eigenvalue weighted by Gasteiger charge is -2.32. The fourth-order valence-corrected chi connectivity index (χ4v) is 4.94. The van der Waals surface area contributed by atoms with Gasteiger partial charge in [0.15, 0.2) is 0 Å². The van der Waals surface area contributed by atoms with Crippen LogP contribution in [0.15, 0.2) is 59.4 Å². The van der Waals surface area contributed by atoms with E-state index < -0.39 is 0 Å². The number of rotatable bonds is 10. The van der Waals surface area contributed by atoms with Gasteiger partial charge in [0.2, 0.25) is 0 Å². The van der Waals surface area contributed by atoms with Crippen molar-refractivity contribution in [3.05, 3.63) is 76.1 Å². The molecule has 1 fully saturated rings. The number of likely N-dealkylation sites (tertiary alicyclic amines) is 1. The van der Waals surface area contributed by atoms with Crippen molar-refractivity contribution in [3.8, 4) is 5.75 Å². The minimum absolute atomic E-state index is 0.0135. The Bertz CT molecular complexity index is 1210. The van der Waals surface area contributed by atoms with Crippen LogP contribution in [0.3, 0.4) is 0 Å². The summed E-state index contributed by atoms with van der Waals surface area (Å²) in [5.74, 6) is 1.22. The molecule has 6 nitrogen and oxygen atoms in total. The summed E-state index contributed by atoms with van der Waals surface area (Å²) in [6.45, 7) is 10.5. The molecule has 0 radical (unpaired) electrons. The number of benzene rings is 2. The van der Waals surface area contributed by atoms with Gasteiger partial charge in [0.25, 0.3) is 11.5 Å². The standard InChI is InChI=1S/C30H39N3O3/c1-4-22(2)21-33-28(34)20-23(3)26-12-8-13-27(29(26)33)36-19-9-16-32-17-14-25(15-18-32)31-30(35)24-10-6-5-7-11-24/h5-8,10-13,20,22,25H,4,9,14-19,21H2,1-3H3,(H,31,35). The number of hydrogen-bond acceptors (Lipinski definition) is 4. The number of hydrogen-bond donors (Lipinski definition) is 1. The minimum atomic E-state index is 0.0135. The normalized spacial score (nSPS) is 15.6. The van der Waals surface area contributed by atoms with E-state index in [1.54, 1.807) is 6.07 Å². The van der Waals surface area contributed by atoms with Gasteiger partial charge >= 0.3 is 0 Å². The molecule has 1 unspecified atom stereocenters. The molecule has 0 bridgehead atoms. The van der Waals surface area contributed by atoms with Crippen LogP contribution >= 0.6 is 0 Å². The summed E-state index contributed by atoms with van der Waals surface area (Å²) in [6, 6.07) is 17.4. The highest BCUT2D eigenvalue weighted by atomic mass is 16.5.